The van der Waals surface area contributed by atoms with Crippen molar-refractivity contribution >= 4 is 22.6 Å². The molecule has 3 rings (SSSR count). The molecule has 24 heavy (non-hydrogen) atoms. The van der Waals surface area contributed by atoms with Crippen LogP contribution in [-0.4, -0.2) is 69.8 Å². The molecule has 0 N–H and O–H groups in total. The third-order valence-corrected chi connectivity index (χ3v) is 7.81. The summed E-state index contributed by atoms with van der Waals surface area (Å²) in [7, 11) is 0.425. The molecule has 2 amide bonds. The fourth-order valence-electron chi connectivity index (χ4n) is 4.38. The van der Waals surface area contributed by atoms with Crippen LogP contribution in [0.3, 0.4) is 0 Å². The first-order valence-electron chi connectivity index (χ1n) is 9.02. The summed E-state index contributed by atoms with van der Waals surface area (Å²) in [5, 5.41) is 0. The Kier molecular flexibility index (Phi) is 5.59. The minimum Gasteiger partial charge on any atom is -0.383 e. The van der Waals surface area contributed by atoms with Gasteiger partial charge in [0.2, 0.25) is 11.8 Å². The van der Waals surface area contributed by atoms with Crippen LogP contribution in [0.25, 0.3) is 0 Å². The summed E-state index contributed by atoms with van der Waals surface area (Å²) in [5.41, 5.74) is 0. The number of ether oxygens (including phenoxy) is 1. The van der Waals surface area contributed by atoms with Gasteiger partial charge in [0.25, 0.3) is 0 Å². The summed E-state index contributed by atoms with van der Waals surface area (Å²) in [6, 6.07) is 0. The van der Waals surface area contributed by atoms with E-state index in [2.05, 4.69) is 0 Å². The third-order valence-electron chi connectivity index (χ3n) is 5.83. The first-order chi connectivity index (χ1) is 11.6. The number of nitrogens with zero attached hydrogens (tertiary/aromatic N) is 2. The SMILES string of the molecule is COCCN1C(=O)CS(=O)C12CCN(C(=O)CC1CCCC1)CC2. The van der Waals surface area contributed by atoms with E-state index in [1.54, 1.807) is 12.0 Å². The van der Waals surface area contributed by atoms with Gasteiger partial charge in [-0.3, -0.25) is 13.8 Å². The zero-order chi connectivity index (χ0) is 17.2. The summed E-state index contributed by atoms with van der Waals surface area (Å²) in [6.07, 6.45) is 6.73. The zero-order valence-corrected chi connectivity index (χ0v) is 15.3. The standard InChI is InChI=1S/C17H28N2O4S/c1-23-11-10-19-16(21)13-24(22)17(19)6-8-18(9-7-17)15(20)12-14-4-2-3-5-14/h14H,2-13H2,1H3. The highest BCUT2D eigenvalue weighted by molar-refractivity contribution is 7.87. The molecule has 0 bridgehead atoms. The molecule has 0 aromatic heterocycles. The smallest absolute Gasteiger partial charge is 0.236 e. The number of hydrogen-bond acceptors (Lipinski definition) is 4. The molecule has 0 aromatic carbocycles. The van der Waals surface area contributed by atoms with Crippen molar-refractivity contribution in [2.75, 3.05) is 39.1 Å². The Bertz CT molecular complexity index is 511. The van der Waals surface area contributed by atoms with Gasteiger partial charge in [0.05, 0.1) is 17.4 Å². The van der Waals surface area contributed by atoms with Gasteiger partial charge in [0.1, 0.15) is 10.6 Å². The molecule has 7 heteroatoms. The second-order valence-corrected chi connectivity index (χ2v) is 8.95. The Balaban J connectivity index is 1.60. The number of rotatable bonds is 5. The molecule has 1 atom stereocenters. The van der Waals surface area contributed by atoms with Crippen molar-refractivity contribution in [1.82, 2.24) is 9.80 Å². The monoisotopic (exact) mass is 356 g/mol. The maximum absolute atomic E-state index is 12.6. The zero-order valence-electron chi connectivity index (χ0n) is 14.5. The molecule has 3 fully saturated rings. The van der Waals surface area contributed by atoms with Gasteiger partial charge in [-0.2, -0.15) is 0 Å². The van der Waals surface area contributed by atoms with Gasteiger partial charge >= 0.3 is 0 Å². The fraction of sp³-hybridized carbons (Fsp3) is 0.882. The van der Waals surface area contributed by atoms with Crippen LogP contribution in [0.5, 0.6) is 0 Å². The number of likely N-dealkylation sites (tertiary alicyclic amines) is 1. The van der Waals surface area contributed by atoms with E-state index in [-0.39, 0.29) is 17.6 Å². The average molecular weight is 356 g/mol. The molecular formula is C17H28N2O4S. The second-order valence-electron chi connectivity index (χ2n) is 7.21. The largest absolute Gasteiger partial charge is 0.383 e. The van der Waals surface area contributed by atoms with Crippen molar-refractivity contribution in [1.29, 1.82) is 0 Å². The van der Waals surface area contributed by atoms with E-state index in [0.717, 1.165) is 0 Å². The molecule has 1 aliphatic carbocycles. The highest BCUT2D eigenvalue weighted by Gasteiger charge is 2.52. The molecule has 2 aliphatic heterocycles. The Hall–Kier alpha value is -0.950. The number of amides is 2. The average Bonchev–Trinajstić information content (AvgIpc) is 3.15. The highest BCUT2D eigenvalue weighted by Crippen LogP contribution is 2.38. The summed E-state index contributed by atoms with van der Waals surface area (Å²) >= 11 is 0. The molecule has 136 valence electrons. The summed E-state index contributed by atoms with van der Waals surface area (Å²) < 4.78 is 17.7. The number of hydrogen-bond donors (Lipinski definition) is 0. The summed E-state index contributed by atoms with van der Waals surface area (Å²) in [6.45, 7) is 2.15. The molecule has 1 saturated carbocycles. The lowest BCUT2D eigenvalue weighted by Crippen LogP contribution is -2.56. The Morgan fingerprint density at radius 3 is 2.58 bits per heavy atom. The molecule has 2 heterocycles. The highest BCUT2D eigenvalue weighted by atomic mass is 32.2. The van der Waals surface area contributed by atoms with Crippen LogP contribution in [0, 0.1) is 5.92 Å². The van der Waals surface area contributed by atoms with Gasteiger partial charge in [-0.15, -0.1) is 0 Å². The van der Waals surface area contributed by atoms with E-state index in [4.69, 9.17) is 4.74 Å². The normalized spacial score (nSPS) is 27.4. The summed E-state index contributed by atoms with van der Waals surface area (Å²) in [4.78, 5) is 27.8. The van der Waals surface area contributed by atoms with E-state index < -0.39 is 15.7 Å². The van der Waals surface area contributed by atoms with Gasteiger partial charge < -0.3 is 14.5 Å². The number of piperidine rings is 1. The summed E-state index contributed by atoms with van der Waals surface area (Å²) in [5.74, 6) is 0.847. The lowest BCUT2D eigenvalue weighted by atomic mass is 9.99. The van der Waals surface area contributed by atoms with Gasteiger partial charge in [-0.05, 0) is 18.8 Å². The minimum absolute atomic E-state index is 0.0453. The Labute approximate surface area is 146 Å². The van der Waals surface area contributed by atoms with Gasteiger partial charge in [-0.25, -0.2) is 0 Å². The fourth-order valence-corrected chi connectivity index (χ4v) is 6.10. The molecular weight excluding hydrogens is 328 g/mol. The predicted octanol–water partition coefficient (Wildman–Crippen LogP) is 1.12. The van der Waals surface area contributed by atoms with Crippen molar-refractivity contribution in [3.05, 3.63) is 0 Å². The molecule has 0 aromatic rings. The van der Waals surface area contributed by atoms with E-state index in [9.17, 15) is 13.8 Å². The molecule has 2 saturated heterocycles. The van der Waals surface area contributed by atoms with Gasteiger partial charge in [-0.1, -0.05) is 12.8 Å². The topological polar surface area (TPSA) is 66.9 Å². The van der Waals surface area contributed by atoms with E-state index >= 15 is 0 Å². The van der Waals surface area contributed by atoms with Gasteiger partial charge in [0, 0.05) is 46.0 Å². The van der Waals surface area contributed by atoms with Crippen LogP contribution < -0.4 is 0 Å². The van der Waals surface area contributed by atoms with Crippen LogP contribution in [-0.2, 0) is 25.1 Å². The molecule has 1 spiro atoms. The van der Waals surface area contributed by atoms with Crippen molar-refractivity contribution in [3.8, 4) is 0 Å². The van der Waals surface area contributed by atoms with E-state index in [1.807, 2.05) is 4.90 Å². The minimum atomic E-state index is -1.18. The van der Waals surface area contributed by atoms with E-state index in [0.29, 0.717) is 51.4 Å². The van der Waals surface area contributed by atoms with Crippen LogP contribution in [0.4, 0.5) is 0 Å². The second kappa shape index (κ2) is 7.52. The van der Waals surface area contributed by atoms with Crippen LogP contribution in [0.15, 0.2) is 0 Å². The molecule has 0 radical (unpaired) electrons. The van der Waals surface area contributed by atoms with E-state index in [1.165, 1.54) is 25.7 Å². The third kappa shape index (κ3) is 3.38. The maximum Gasteiger partial charge on any atom is 0.236 e. The Morgan fingerprint density at radius 1 is 1.29 bits per heavy atom. The quantitative estimate of drug-likeness (QED) is 0.740. The van der Waals surface area contributed by atoms with Crippen molar-refractivity contribution in [2.45, 2.75) is 49.8 Å². The van der Waals surface area contributed by atoms with Crippen LogP contribution in [0.2, 0.25) is 0 Å². The molecule has 3 aliphatic rings. The molecule has 1 unspecified atom stereocenters. The number of carbonyl (C=O) groups excluding carboxylic acids is 2. The van der Waals surface area contributed by atoms with Crippen LogP contribution in [0.1, 0.15) is 44.9 Å². The van der Waals surface area contributed by atoms with Crippen molar-refractivity contribution < 1.29 is 18.5 Å². The lowest BCUT2D eigenvalue weighted by Gasteiger charge is -2.43. The van der Waals surface area contributed by atoms with Gasteiger partial charge in [0.15, 0.2) is 0 Å². The lowest BCUT2D eigenvalue weighted by molar-refractivity contribution is -0.136. The Morgan fingerprint density at radius 2 is 1.96 bits per heavy atom. The number of methoxy groups -OCH3 is 1. The first-order valence-corrected chi connectivity index (χ1v) is 10.3. The van der Waals surface area contributed by atoms with Crippen molar-refractivity contribution in [3.63, 3.8) is 0 Å². The first kappa shape index (κ1) is 17.9. The van der Waals surface area contributed by atoms with Crippen molar-refractivity contribution in [2.24, 2.45) is 5.92 Å². The maximum atomic E-state index is 12.6. The predicted molar refractivity (Wildman–Crippen MR) is 91.7 cm³/mol. The molecule has 6 nitrogen and oxygen atoms in total. The number of carbonyl (C=O) groups is 2. The van der Waals surface area contributed by atoms with Crippen LogP contribution >= 0.6 is 0 Å².